The fraction of sp³-hybridized carbons (Fsp3) is 0.828. The van der Waals surface area contributed by atoms with Gasteiger partial charge < -0.3 is 242 Å². The van der Waals surface area contributed by atoms with Gasteiger partial charge in [-0.3, -0.25) is 24.0 Å². The summed E-state index contributed by atoms with van der Waals surface area (Å²) in [5.74, 6) is -44.7. The minimum absolute atomic E-state index is 1.30. The third-order valence-electron chi connectivity index (χ3n) is 20.8. The average Bonchev–Trinajstić information content (AvgIpc) is 0.750. The minimum Gasteiger partial charge on any atom is -0.477 e. The molecule has 36 atom stereocenters. The standard InChI is InChI=1S/C64H101N5O54/c70-7-24(87)41(94)52-40(93)23(86)6-64(123-52,58(110)111)117-29(12-75)46(99)51-39(69-34(92)17-80)22(85)5-63(122-51,57(108)109)116-28(11-74)45(98)50-38(68-33(91)16-79)21(84)4-62(121-50,56(106)107)115-27(10-73)44(97)49-37(67-32(90)15-78)20(83)3-61(120-49,55(104)105)114-26(9-72)43(96)48-36(66-31(89)14-77)19(82)2-60(119-48,54(102)103)113-25(8-71)42(95)47-35(65-30(88)13-76)18(81)1-59(112,118-47)53(100)101/h18-29,35-52,70-87,93-99,112H,1-17H2,(H,65,88)(H,66,89)(H,67,90)(H,68,91)(H,69,92)(H,100,101)(H,102,103)(H,104,105)(H,106,107)(H,108,109)(H,110,111)/t18-,19-,20-,21-,22-,23-,24+,25+,26+,27+,28+,29+,35+,36+,37+,38+,39+,40+,41+,42+,43+,44+,45+,46+,47+,48+,49+,50+,51+,52+,59+,60+,61+,62+,63+,64+/m0/s1. The Hall–Kier alpha value is -7.31. The highest BCUT2D eigenvalue weighted by Crippen LogP contribution is 2.45. The van der Waals surface area contributed by atoms with Crippen LogP contribution in [0, 0.1) is 0 Å². The number of hydrogen-bond donors (Lipinski definition) is 37. The first-order chi connectivity index (χ1) is 57.4. The second kappa shape index (κ2) is 43.5. The third-order valence-corrected chi connectivity index (χ3v) is 20.8. The number of carboxylic acid groups (broad SMARTS) is 6. The van der Waals surface area contributed by atoms with E-state index < -0.39 is 394 Å². The Morgan fingerprint density at radius 3 is 0.659 bits per heavy atom. The van der Waals surface area contributed by atoms with Gasteiger partial charge in [-0.05, 0) is 0 Å². The Balaban J connectivity index is 1.40. The van der Waals surface area contributed by atoms with E-state index in [0.29, 0.717) is 0 Å². The molecule has 123 heavy (non-hydrogen) atoms. The van der Waals surface area contributed by atoms with E-state index in [9.17, 15) is 216 Å². The molecule has 6 aliphatic rings. The molecule has 6 rings (SSSR count). The van der Waals surface area contributed by atoms with Crippen LogP contribution in [0.2, 0.25) is 0 Å². The van der Waals surface area contributed by atoms with E-state index >= 15 is 0 Å². The van der Waals surface area contributed by atoms with Gasteiger partial charge in [-0.25, -0.2) is 28.8 Å². The first-order valence-corrected chi connectivity index (χ1v) is 36.7. The van der Waals surface area contributed by atoms with Crippen LogP contribution in [0.1, 0.15) is 38.5 Å². The monoisotopic (exact) mass is 1800 g/mol. The Bertz CT molecular complexity index is 3620. The summed E-state index contributed by atoms with van der Waals surface area (Å²) in [5, 5.41) is 358. The lowest BCUT2D eigenvalue weighted by Gasteiger charge is -2.51. The number of carboxylic acids is 6. The number of ether oxygens (including phenoxy) is 11. The van der Waals surface area contributed by atoms with Gasteiger partial charge in [0.1, 0.15) is 149 Å². The van der Waals surface area contributed by atoms with Crippen molar-refractivity contribution in [3.8, 4) is 0 Å². The smallest absolute Gasteiger partial charge is 0.364 e. The molecule has 6 aliphatic heterocycles. The predicted octanol–water partition coefficient (Wildman–Crippen LogP) is -23.3. The van der Waals surface area contributed by atoms with Gasteiger partial charge in [0.05, 0.1) is 106 Å². The zero-order valence-corrected chi connectivity index (χ0v) is 63.6. The highest BCUT2D eigenvalue weighted by Gasteiger charge is 2.67. The van der Waals surface area contributed by atoms with Crippen molar-refractivity contribution in [2.75, 3.05) is 72.7 Å². The molecule has 37 N–H and O–H groups in total. The zero-order valence-electron chi connectivity index (χ0n) is 63.6. The Kier molecular flexibility index (Phi) is 36.9. The molecular weight excluding hydrogens is 1700 g/mol. The van der Waals surface area contributed by atoms with Gasteiger partial charge in [0, 0.05) is 38.5 Å². The third kappa shape index (κ3) is 23.0. The summed E-state index contributed by atoms with van der Waals surface area (Å²) in [7, 11) is 0. The second-order valence-electron chi connectivity index (χ2n) is 29.1. The Morgan fingerprint density at radius 2 is 0.472 bits per heavy atom. The van der Waals surface area contributed by atoms with Crippen molar-refractivity contribution in [2.24, 2.45) is 0 Å². The number of aliphatic hydroxyl groups excluding tert-OH is 25. The summed E-state index contributed by atoms with van der Waals surface area (Å²) in [6.07, 6.45) is -77.3. The number of amides is 5. The highest BCUT2D eigenvalue weighted by molar-refractivity contribution is 5.82. The molecule has 0 saturated carbocycles. The van der Waals surface area contributed by atoms with Crippen molar-refractivity contribution >= 4 is 65.4 Å². The van der Waals surface area contributed by atoms with Crippen molar-refractivity contribution in [2.45, 2.75) is 256 Å². The molecule has 0 aliphatic carbocycles. The molecule has 5 amide bonds. The van der Waals surface area contributed by atoms with Crippen LogP contribution in [0.5, 0.6) is 0 Å². The molecule has 0 radical (unpaired) electrons. The number of rotatable bonds is 44. The van der Waals surface area contributed by atoms with E-state index in [2.05, 4.69) is 0 Å². The lowest BCUT2D eigenvalue weighted by atomic mass is 9.86. The predicted molar refractivity (Wildman–Crippen MR) is 367 cm³/mol. The number of aliphatic hydroxyl groups is 26. The molecule has 706 valence electrons. The minimum atomic E-state index is -3.92. The maximum absolute atomic E-state index is 13.9. The zero-order chi connectivity index (χ0) is 93.0. The first-order valence-electron chi connectivity index (χ1n) is 36.7. The summed E-state index contributed by atoms with van der Waals surface area (Å²) < 4.78 is 61.0. The normalized spacial score (nSPS) is 37.2. The van der Waals surface area contributed by atoms with Crippen LogP contribution in [-0.4, -0.2) is 519 Å². The van der Waals surface area contributed by atoms with Crippen molar-refractivity contribution in [3.05, 3.63) is 0 Å². The maximum Gasteiger partial charge on any atom is 0.364 e. The molecule has 6 saturated heterocycles. The largest absolute Gasteiger partial charge is 0.477 e. The fourth-order valence-electron chi connectivity index (χ4n) is 14.7. The van der Waals surface area contributed by atoms with Crippen LogP contribution in [0.3, 0.4) is 0 Å². The van der Waals surface area contributed by atoms with Crippen molar-refractivity contribution in [1.29, 1.82) is 0 Å². The van der Waals surface area contributed by atoms with Crippen LogP contribution in [0.15, 0.2) is 0 Å². The maximum atomic E-state index is 13.9. The van der Waals surface area contributed by atoms with Gasteiger partial charge in [0.25, 0.3) is 34.7 Å². The van der Waals surface area contributed by atoms with Crippen LogP contribution in [0.25, 0.3) is 0 Å². The van der Waals surface area contributed by atoms with E-state index in [-0.39, 0.29) is 0 Å². The first kappa shape index (κ1) is 104. The van der Waals surface area contributed by atoms with Crippen LogP contribution >= 0.6 is 0 Å². The van der Waals surface area contributed by atoms with Gasteiger partial charge in [0.15, 0.2) is 0 Å². The van der Waals surface area contributed by atoms with E-state index in [0.717, 1.165) is 0 Å². The molecule has 0 unspecified atom stereocenters. The summed E-state index contributed by atoms with van der Waals surface area (Å²) in [6, 6.07) is -11.8. The second-order valence-corrected chi connectivity index (χ2v) is 29.1. The highest BCUT2D eigenvalue weighted by atomic mass is 16.8. The summed E-state index contributed by atoms with van der Waals surface area (Å²) in [4.78, 5) is 144. The van der Waals surface area contributed by atoms with E-state index in [1.807, 2.05) is 26.6 Å². The Labute approximate surface area is 687 Å². The molecule has 59 nitrogen and oxygen atoms in total. The van der Waals surface area contributed by atoms with Crippen molar-refractivity contribution in [1.82, 2.24) is 26.6 Å². The molecule has 0 spiro atoms. The SMILES string of the molecule is O=C(CO)N[C@H]1[C@H]([C@H](O)[C@@H](CO)O[C@]2(C(=O)O)C[C@H](O)[C@@H](O)[C@H]([C@H](O)[C@H](O)CO)O2)O[C@@](O[C@H](CO)[C@@H](O)[C@@H]2O[C@@](O[C@H](CO)[C@@H](O)[C@@H]3O[C@@](O[C@H](CO)[C@@H](O)[C@@H]4O[C@@](O[C@H](CO)[C@@H](O)[C@@H]5O[C@@](O)(C(=O)O)C[C@H](O)[C@H]5NC(=O)CO)(C(=O)O)C[C@H](O)[C@H]4NC(=O)CO)(C(=O)O)C[C@H](O)[C@H]3NC(=O)CO)(C(=O)O)C[C@H](O)[C@H]2NC(=O)CO)(C(=O)O)C[C@@H]1O. The molecule has 0 aromatic carbocycles. The van der Waals surface area contributed by atoms with E-state index in [1.165, 1.54) is 0 Å². The van der Waals surface area contributed by atoms with Crippen LogP contribution in [-0.2, 0) is 105 Å². The van der Waals surface area contributed by atoms with Crippen LogP contribution < -0.4 is 26.6 Å². The molecule has 0 bridgehead atoms. The molecule has 0 aromatic heterocycles. The van der Waals surface area contributed by atoms with Crippen molar-refractivity contribution < 1.29 is 268 Å². The van der Waals surface area contributed by atoms with Gasteiger partial charge in [-0.2, -0.15) is 0 Å². The lowest BCUT2D eigenvalue weighted by molar-refractivity contribution is -0.367. The number of carbonyl (C=O) groups excluding carboxylic acids is 5. The molecule has 0 aromatic rings. The van der Waals surface area contributed by atoms with Gasteiger partial charge in [-0.1, -0.05) is 0 Å². The van der Waals surface area contributed by atoms with Crippen molar-refractivity contribution in [3.63, 3.8) is 0 Å². The fourth-order valence-corrected chi connectivity index (χ4v) is 14.7. The van der Waals surface area contributed by atoms with Crippen LogP contribution in [0.4, 0.5) is 0 Å². The van der Waals surface area contributed by atoms with E-state index in [4.69, 9.17) is 52.1 Å². The Morgan fingerprint density at radius 1 is 0.276 bits per heavy atom. The number of nitrogens with one attached hydrogen (secondary N) is 5. The average molecular weight is 1800 g/mol. The quantitative estimate of drug-likeness (QED) is 0.0269. The molecule has 59 heteroatoms. The van der Waals surface area contributed by atoms with Gasteiger partial charge in [0.2, 0.25) is 29.5 Å². The summed E-state index contributed by atoms with van der Waals surface area (Å²) in [6.45, 7) is -17.8. The molecular formula is C64H101N5O54. The van der Waals surface area contributed by atoms with E-state index in [1.54, 1.807) is 0 Å². The topological polar surface area (TPSA) is 997 Å². The summed E-state index contributed by atoms with van der Waals surface area (Å²) >= 11 is 0. The number of carbonyl (C=O) groups is 11. The van der Waals surface area contributed by atoms with Gasteiger partial charge in [-0.15, -0.1) is 0 Å². The molecule has 6 heterocycles. The summed E-state index contributed by atoms with van der Waals surface area (Å²) in [5.41, 5.74) is 0. The number of hydrogen-bond acceptors (Lipinski definition) is 48. The molecule has 6 fully saturated rings. The lowest BCUT2D eigenvalue weighted by Crippen LogP contribution is -2.72. The van der Waals surface area contributed by atoms with Gasteiger partial charge >= 0.3 is 35.8 Å². The number of aliphatic carboxylic acids is 6.